The first-order chi connectivity index (χ1) is 11.2. The number of carboxylic acid groups (broad SMARTS) is 1. The molecule has 0 aromatic heterocycles. The number of carbonyl (C=O) groups is 1. The number of ether oxygens (including phenoxy) is 1. The van der Waals surface area contributed by atoms with E-state index in [1.165, 1.54) is 62.9 Å². The Labute approximate surface area is 146 Å². The first-order valence-corrected chi connectivity index (χ1v) is 10.8. The molecule has 3 nitrogen and oxygen atoms in total. The molecule has 1 rings (SSSR count). The highest BCUT2D eigenvalue weighted by atomic mass is 32.2. The average molecular weight is 345 g/mol. The Morgan fingerprint density at radius 2 is 1.65 bits per heavy atom. The third kappa shape index (κ3) is 11.0. The molecule has 0 aromatic rings. The summed E-state index contributed by atoms with van der Waals surface area (Å²) in [5.41, 5.74) is 0. The van der Waals surface area contributed by atoms with Crippen LogP contribution in [0.3, 0.4) is 0 Å². The van der Waals surface area contributed by atoms with E-state index in [2.05, 4.69) is 18.7 Å². The third-order valence-electron chi connectivity index (χ3n) is 4.82. The Bertz CT molecular complexity index is 296. The SMILES string of the molecule is CCCCCCOCC[C@@H]1CSC[C@@H]1CCCCCCC(=O)O. The number of carboxylic acids is 1. The second-order valence-corrected chi connectivity index (χ2v) is 7.94. The lowest BCUT2D eigenvalue weighted by molar-refractivity contribution is -0.137. The largest absolute Gasteiger partial charge is 0.481 e. The predicted molar refractivity (Wildman–Crippen MR) is 99.2 cm³/mol. The monoisotopic (exact) mass is 344 g/mol. The van der Waals surface area contributed by atoms with Crippen molar-refractivity contribution in [2.24, 2.45) is 11.8 Å². The lowest BCUT2D eigenvalue weighted by Crippen LogP contribution is -2.15. The van der Waals surface area contributed by atoms with Gasteiger partial charge in [-0.1, -0.05) is 45.4 Å². The molecule has 1 N–H and O–H groups in total. The maximum atomic E-state index is 10.5. The minimum Gasteiger partial charge on any atom is -0.481 e. The van der Waals surface area contributed by atoms with Crippen molar-refractivity contribution in [3.05, 3.63) is 0 Å². The van der Waals surface area contributed by atoms with Crippen molar-refractivity contribution >= 4 is 17.7 Å². The van der Waals surface area contributed by atoms with Gasteiger partial charge in [0.05, 0.1) is 0 Å². The molecular formula is C19H36O3S. The van der Waals surface area contributed by atoms with E-state index in [-0.39, 0.29) is 0 Å². The summed E-state index contributed by atoms with van der Waals surface area (Å²) in [5, 5.41) is 8.63. The summed E-state index contributed by atoms with van der Waals surface area (Å²) in [6, 6.07) is 0. The van der Waals surface area contributed by atoms with Crippen LogP contribution in [0.25, 0.3) is 0 Å². The number of hydrogen-bond acceptors (Lipinski definition) is 3. The third-order valence-corrected chi connectivity index (χ3v) is 6.15. The van der Waals surface area contributed by atoms with Crippen LogP contribution in [0.2, 0.25) is 0 Å². The Kier molecular flexibility index (Phi) is 12.8. The van der Waals surface area contributed by atoms with Crippen LogP contribution in [0.15, 0.2) is 0 Å². The van der Waals surface area contributed by atoms with Gasteiger partial charge in [0.15, 0.2) is 0 Å². The van der Waals surface area contributed by atoms with Crippen LogP contribution in [0.1, 0.15) is 77.6 Å². The van der Waals surface area contributed by atoms with Gasteiger partial charge in [0.2, 0.25) is 0 Å². The zero-order valence-corrected chi connectivity index (χ0v) is 15.7. The zero-order valence-electron chi connectivity index (χ0n) is 14.9. The average Bonchev–Trinajstić information content (AvgIpc) is 2.97. The summed E-state index contributed by atoms with van der Waals surface area (Å²) in [7, 11) is 0. The van der Waals surface area contributed by atoms with E-state index in [0.717, 1.165) is 37.9 Å². The minimum atomic E-state index is -0.660. The molecule has 0 radical (unpaired) electrons. The van der Waals surface area contributed by atoms with Gasteiger partial charge in [-0.25, -0.2) is 0 Å². The molecule has 0 bridgehead atoms. The standard InChI is InChI=1S/C19H36O3S/c1-2-3-4-9-13-22-14-12-18-16-23-15-17(18)10-7-5-6-8-11-19(20)21/h17-18H,2-16H2,1H3,(H,20,21)/t17-,18+/m0/s1. The predicted octanol–water partition coefficient (Wildman–Crippen LogP) is 5.38. The minimum absolute atomic E-state index is 0.331. The Morgan fingerprint density at radius 1 is 0.957 bits per heavy atom. The highest BCUT2D eigenvalue weighted by Crippen LogP contribution is 2.35. The molecule has 4 heteroatoms. The quantitative estimate of drug-likeness (QED) is 0.405. The summed E-state index contributed by atoms with van der Waals surface area (Å²) in [6.45, 7) is 4.12. The number of hydrogen-bond donors (Lipinski definition) is 1. The molecule has 1 fully saturated rings. The van der Waals surface area contributed by atoms with Crippen molar-refractivity contribution in [1.29, 1.82) is 0 Å². The topological polar surface area (TPSA) is 46.5 Å². The molecular weight excluding hydrogens is 308 g/mol. The number of rotatable bonds is 15. The first-order valence-electron chi connectivity index (χ1n) is 9.61. The molecule has 0 unspecified atom stereocenters. The van der Waals surface area contributed by atoms with Gasteiger partial charge in [-0.15, -0.1) is 0 Å². The van der Waals surface area contributed by atoms with Crippen molar-refractivity contribution in [2.45, 2.75) is 77.6 Å². The van der Waals surface area contributed by atoms with Crippen LogP contribution >= 0.6 is 11.8 Å². The Hall–Kier alpha value is -0.220. The van der Waals surface area contributed by atoms with Crippen molar-refractivity contribution < 1.29 is 14.6 Å². The van der Waals surface area contributed by atoms with E-state index < -0.39 is 5.97 Å². The van der Waals surface area contributed by atoms with E-state index in [1.54, 1.807) is 0 Å². The van der Waals surface area contributed by atoms with Crippen LogP contribution in [0, 0.1) is 11.8 Å². The number of unbranched alkanes of at least 4 members (excludes halogenated alkanes) is 6. The second kappa shape index (κ2) is 14.2. The van der Waals surface area contributed by atoms with Crippen LogP contribution in [0.4, 0.5) is 0 Å². The molecule has 23 heavy (non-hydrogen) atoms. The Balaban J connectivity index is 1.97. The lowest BCUT2D eigenvalue weighted by Gasteiger charge is -2.18. The molecule has 0 aromatic carbocycles. The molecule has 0 amide bonds. The van der Waals surface area contributed by atoms with Crippen molar-refractivity contribution in [2.75, 3.05) is 24.7 Å². The van der Waals surface area contributed by atoms with E-state index in [4.69, 9.17) is 9.84 Å². The molecule has 136 valence electrons. The van der Waals surface area contributed by atoms with E-state index in [1.807, 2.05) is 0 Å². The van der Waals surface area contributed by atoms with Gasteiger partial charge < -0.3 is 9.84 Å². The molecule has 0 saturated carbocycles. The van der Waals surface area contributed by atoms with Crippen molar-refractivity contribution in [3.63, 3.8) is 0 Å². The van der Waals surface area contributed by atoms with Crippen LogP contribution < -0.4 is 0 Å². The fraction of sp³-hybridized carbons (Fsp3) is 0.947. The fourth-order valence-corrected chi connectivity index (χ4v) is 4.90. The van der Waals surface area contributed by atoms with E-state index in [0.29, 0.717) is 6.42 Å². The molecule has 0 aliphatic carbocycles. The smallest absolute Gasteiger partial charge is 0.303 e. The summed E-state index contributed by atoms with van der Waals surface area (Å²) in [4.78, 5) is 10.5. The lowest BCUT2D eigenvalue weighted by atomic mass is 9.88. The van der Waals surface area contributed by atoms with Crippen LogP contribution in [0.5, 0.6) is 0 Å². The van der Waals surface area contributed by atoms with Crippen molar-refractivity contribution in [3.8, 4) is 0 Å². The maximum absolute atomic E-state index is 10.5. The summed E-state index contributed by atoms with van der Waals surface area (Å²) >= 11 is 2.10. The molecule has 1 saturated heterocycles. The van der Waals surface area contributed by atoms with Gasteiger partial charge >= 0.3 is 5.97 Å². The molecule has 0 spiro atoms. The van der Waals surface area contributed by atoms with Crippen LogP contribution in [-0.4, -0.2) is 35.8 Å². The van der Waals surface area contributed by atoms with E-state index >= 15 is 0 Å². The molecule has 1 aliphatic heterocycles. The molecule has 2 atom stereocenters. The van der Waals surface area contributed by atoms with Gasteiger partial charge in [-0.2, -0.15) is 11.8 Å². The van der Waals surface area contributed by atoms with Gasteiger partial charge in [-0.3, -0.25) is 4.79 Å². The van der Waals surface area contributed by atoms with Gasteiger partial charge in [-0.05, 0) is 49.0 Å². The van der Waals surface area contributed by atoms with Gasteiger partial charge in [0, 0.05) is 19.6 Å². The van der Waals surface area contributed by atoms with Crippen molar-refractivity contribution in [1.82, 2.24) is 0 Å². The number of aliphatic carboxylic acids is 1. The fourth-order valence-electron chi connectivity index (χ4n) is 3.29. The zero-order chi connectivity index (χ0) is 16.8. The molecule has 1 heterocycles. The van der Waals surface area contributed by atoms with E-state index in [9.17, 15) is 4.79 Å². The second-order valence-electron chi connectivity index (χ2n) is 6.87. The maximum Gasteiger partial charge on any atom is 0.303 e. The highest BCUT2D eigenvalue weighted by molar-refractivity contribution is 7.99. The Morgan fingerprint density at radius 3 is 2.39 bits per heavy atom. The number of thioether (sulfide) groups is 1. The summed E-state index contributed by atoms with van der Waals surface area (Å²) in [6.07, 6.45) is 12.4. The van der Waals surface area contributed by atoms with Gasteiger partial charge in [0.25, 0.3) is 0 Å². The highest BCUT2D eigenvalue weighted by Gasteiger charge is 2.26. The summed E-state index contributed by atoms with van der Waals surface area (Å²) in [5.74, 6) is 3.67. The summed E-state index contributed by atoms with van der Waals surface area (Å²) < 4.78 is 5.81. The first kappa shape index (κ1) is 20.8. The normalized spacial score (nSPS) is 20.9. The molecule has 1 aliphatic rings. The van der Waals surface area contributed by atoms with Crippen LogP contribution in [-0.2, 0) is 9.53 Å². The van der Waals surface area contributed by atoms with Gasteiger partial charge in [0.1, 0.15) is 0 Å².